The molecular formula is C19H15F2NO7S. The molecule has 1 aliphatic heterocycles. The second-order valence-corrected chi connectivity index (χ2v) is 8.11. The van der Waals surface area contributed by atoms with E-state index in [2.05, 4.69) is 4.74 Å². The maximum absolute atomic E-state index is 12.5. The Labute approximate surface area is 170 Å². The molecule has 3 rings (SSSR count). The normalized spacial score (nSPS) is 14.5. The monoisotopic (exact) mass is 439 g/mol. The molecular weight excluding hydrogens is 424 g/mol. The van der Waals surface area contributed by atoms with Crippen LogP contribution in [0, 0.1) is 6.92 Å². The first-order chi connectivity index (χ1) is 14.1. The van der Waals surface area contributed by atoms with Gasteiger partial charge < -0.3 is 9.47 Å². The van der Waals surface area contributed by atoms with Gasteiger partial charge in [-0.05, 0) is 31.2 Å². The van der Waals surface area contributed by atoms with Crippen molar-refractivity contribution in [1.82, 2.24) is 4.31 Å². The summed E-state index contributed by atoms with van der Waals surface area (Å²) < 4.78 is 59.3. The third-order valence-corrected chi connectivity index (χ3v) is 5.99. The van der Waals surface area contributed by atoms with Crippen LogP contribution in [-0.4, -0.2) is 50.1 Å². The molecule has 1 aliphatic rings. The van der Waals surface area contributed by atoms with Crippen LogP contribution < -0.4 is 4.74 Å². The van der Waals surface area contributed by atoms with Crippen LogP contribution in [0.25, 0.3) is 0 Å². The van der Waals surface area contributed by atoms with E-state index < -0.39 is 47.4 Å². The molecule has 0 fully saturated rings. The Morgan fingerprint density at radius 2 is 1.83 bits per heavy atom. The van der Waals surface area contributed by atoms with Gasteiger partial charge in [-0.25, -0.2) is 12.7 Å². The van der Waals surface area contributed by atoms with Crippen molar-refractivity contribution in [3.8, 4) is 5.75 Å². The lowest BCUT2D eigenvalue weighted by Gasteiger charge is -2.14. The number of aryl methyl sites for hydroxylation is 1. The second kappa shape index (κ2) is 8.19. The van der Waals surface area contributed by atoms with E-state index in [0.717, 1.165) is 0 Å². The highest BCUT2D eigenvalue weighted by atomic mass is 32.2. The topological polar surface area (TPSA) is 107 Å². The molecule has 0 saturated carbocycles. The van der Waals surface area contributed by atoms with Crippen molar-refractivity contribution in [3.05, 3.63) is 59.2 Å². The first kappa shape index (κ1) is 21.4. The van der Waals surface area contributed by atoms with Crippen LogP contribution in [0.4, 0.5) is 8.78 Å². The predicted molar refractivity (Wildman–Crippen MR) is 97.8 cm³/mol. The molecule has 158 valence electrons. The van der Waals surface area contributed by atoms with Gasteiger partial charge in [0.2, 0.25) is 5.78 Å². The number of hydrogen-bond donors (Lipinski definition) is 0. The number of rotatable bonds is 7. The molecule has 0 radical (unpaired) electrons. The lowest BCUT2D eigenvalue weighted by molar-refractivity contribution is -0.142. The molecule has 0 aliphatic carbocycles. The van der Waals surface area contributed by atoms with Gasteiger partial charge in [0.25, 0.3) is 15.9 Å². The Balaban J connectivity index is 1.68. The number of esters is 1. The fourth-order valence-electron chi connectivity index (χ4n) is 2.83. The minimum Gasteiger partial charge on any atom is -0.456 e. The average Bonchev–Trinajstić information content (AvgIpc) is 2.88. The second-order valence-electron chi connectivity index (χ2n) is 6.27. The molecule has 2 aromatic rings. The van der Waals surface area contributed by atoms with Crippen molar-refractivity contribution >= 4 is 27.7 Å². The molecule has 11 heteroatoms. The zero-order valence-corrected chi connectivity index (χ0v) is 16.3. The fraction of sp³-hybridized carbons (Fsp3) is 0.211. The number of halogens is 2. The van der Waals surface area contributed by atoms with Crippen molar-refractivity contribution < 1.29 is 41.1 Å². The zero-order chi connectivity index (χ0) is 22.1. The Morgan fingerprint density at radius 3 is 2.50 bits per heavy atom. The number of nitrogens with zero attached hydrogens (tertiary/aromatic N) is 1. The molecule has 8 nitrogen and oxygen atoms in total. The number of hydrogen-bond acceptors (Lipinski definition) is 7. The summed E-state index contributed by atoms with van der Waals surface area (Å²) in [4.78, 5) is 36.4. The van der Waals surface area contributed by atoms with Gasteiger partial charge in [0.1, 0.15) is 17.2 Å². The summed E-state index contributed by atoms with van der Waals surface area (Å²) in [6.07, 6.45) is 0. The van der Waals surface area contributed by atoms with Crippen LogP contribution in [0.5, 0.6) is 5.75 Å². The number of ketones is 1. The van der Waals surface area contributed by atoms with Crippen molar-refractivity contribution in [2.45, 2.75) is 18.4 Å². The summed E-state index contributed by atoms with van der Waals surface area (Å²) in [5.74, 6) is -3.26. The summed E-state index contributed by atoms with van der Waals surface area (Å²) in [5, 5.41) is 0. The molecule has 0 atom stereocenters. The van der Waals surface area contributed by atoms with E-state index in [0.29, 0.717) is 9.87 Å². The highest BCUT2D eigenvalue weighted by Gasteiger charge is 2.42. The van der Waals surface area contributed by atoms with E-state index in [9.17, 15) is 31.6 Å². The molecule has 1 heterocycles. The Bertz CT molecular complexity index is 1130. The fourth-order valence-corrected chi connectivity index (χ4v) is 4.35. The van der Waals surface area contributed by atoms with Crippen LogP contribution >= 0.6 is 0 Å². The quantitative estimate of drug-likeness (QED) is 0.481. The van der Waals surface area contributed by atoms with Gasteiger partial charge in [-0.15, -0.1) is 0 Å². The Kier molecular flexibility index (Phi) is 5.83. The molecule has 0 saturated heterocycles. The molecule has 0 unspecified atom stereocenters. The van der Waals surface area contributed by atoms with Crippen molar-refractivity contribution in [2.24, 2.45) is 0 Å². The smallest absolute Gasteiger partial charge is 0.387 e. The molecule has 30 heavy (non-hydrogen) atoms. The first-order valence-electron chi connectivity index (χ1n) is 8.51. The number of carbonyl (C=O) groups is 3. The van der Waals surface area contributed by atoms with Crippen molar-refractivity contribution in [2.75, 3.05) is 13.2 Å². The van der Waals surface area contributed by atoms with E-state index in [-0.39, 0.29) is 21.8 Å². The van der Waals surface area contributed by atoms with Gasteiger partial charge >= 0.3 is 12.6 Å². The summed E-state index contributed by atoms with van der Waals surface area (Å²) in [7, 11) is -4.21. The van der Waals surface area contributed by atoms with Gasteiger partial charge in [-0.2, -0.15) is 8.78 Å². The number of carbonyl (C=O) groups excluding carboxylic acids is 3. The van der Waals surface area contributed by atoms with Crippen LogP contribution in [-0.2, 0) is 19.6 Å². The summed E-state index contributed by atoms with van der Waals surface area (Å²) in [5.41, 5.74) is 0.285. The lowest BCUT2D eigenvalue weighted by Crippen LogP contribution is -2.36. The predicted octanol–water partition coefficient (Wildman–Crippen LogP) is 2.17. The van der Waals surface area contributed by atoms with Gasteiger partial charge in [0.15, 0.2) is 6.61 Å². The number of benzene rings is 2. The molecule has 2 aromatic carbocycles. The van der Waals surface area contributed by atoms with E-state index >= 15 is 0 Å². The maximum atomic E-state index is 12.5. The number of sulfonamides is 1. The molecule has 1 amide bonds. The molecule has 0 N–H and O–H groups in total. The van der Waals surface area contributed by atoms with Gasteiger partial charge in [0, 0.05) is 0 Å². The zero-order valence-electron chi connectivity index (χ0n) is 15.5. The number of amides is 1. The Morgan fingerprint density at radius 1 is 1.13 bits per heavy atom. The van der Waals surface area contributed by atoms with E-state index in [1.807, 2.05) is 0 Å². The maximum Gasteiger partial charge on any atom is 0.387 e. The minimum absolute atomic E-state index is 0.0741. The molecule has 0 spiro atoms. The highest BCUT2D eigenvalue weighted by Crippen LogP contribution is 2.29. The largest absolute Gasteiger partial charge is 0.456 e. The third-order valence-electron chi connectivity index (χ3n) is 4.20. The summed E-state index contributed by atoms with van der Waals surface area (Å²) in [6, 6.07) is 9.40. The average molecular weight is 439 g/mol. The lowest BCUT2D eigenvalue weighted by atomic mass is 10.1. The molecule has 0 bridgehead atoms. The first-order valence-corrected chi connectivity index (χ1v) is 9.95. The van der Waals surface area contributed by atoms with Crippen LogP contribution in [0.2, 0.25) is 0 Å². The van der Waals surface area contributed by atoms with Gasteiger partial charge in [-0.3, -0.25) is 14.4 Å². The molecule has 0 aromatic heterocycles. The SMILES string of the molecule is Cc1ccc(OC(F)F)c(C(=O)COC(=O)CN2C(=O)c3ccccc3S2(=O)=O)c1. The van der Waals surface area contributed by atoms with Gasteiger partial charge in [-0.1, -0.05) is 23.8 Å². The van der Waals surface area contributed by atoms with Crippen LogP contribution in [0.3, 0.4) is 0 Å². The number of alkyl halides is 2. The highest BCUT2D eigenvalue weighted by molar-refractivity contribution is 7.90. The minimum atomic E-state index is -4.21. The van der Waals surface area contributed by atoms with Crippen LogP contribution in [0.15, 0.2) is 47.4 Å². The summed E-state index contributed by atoms with van der Waals surface area (Å²) in [6.45, 7) is -3.32. The van der Waals surface area contributed by atoms with E-state index in [4.69, 9.17) is 4.74 Å². The summed E-state index contributed by atoms with van der Waals surface area (Å²) >= 11 is 0. The Hall–Kier alpha value is -3.34. The van der Waals surface area contributed by atoms with Crippen molar-refractivity contribution in [1.29, 1.82) is 0 Å². The van der Waals surface area contributed by atoms with Crippen LogP contribution in [0.1, 0.15) is 26.3 Å². The van der Waals surface area contributed by atoms with Crippen molar-refractivity contribution in [3.63, 3.8) is 0 Å². The number of ether oxygens (including phenoxy) is 2. The number of Topliss-reactive ketones (excluding diaryl/α,β-unsaturated/α-hetero) is 1. The third kappa shape index (κ3) is 4.15. The van der Waals surface area contributed by atoms with E-state index in [1.54, 1.807) is 6.92 Å². The van der Waals surface area contributed by atoms with E-state index in [1.165, 1.54) is 42.5 Å². The number of fused-ring (bicyclic) bond motifs is 1. The van der Waals surface area contributed by atoms with Gasteiger partial charge in [0.05, 0.1) is 11.1 Å². The standard InChI is InChI=1S/C19H15F2NO7S/c1-11-6-7-15(29-19(20)21)13(8-11)14(23)10-28-17(24)9-22-18(25)12-4-2-3-5-16(12)30(22,26)27/h2-8,19H,9-10H2,1H3.